The number of aromatic amines is 1. The first kappa shape index (κ1) is 17.7. The predicted molar refractivity (Wildman–Crippen MR) is 101 cm³/mol. The van der Waals surface area contributed by atoms with Crippen LogP contribution in [0.5, 0.6) is 0 Å². The maximum atomic E-state index is 12.5. The molecule has 0 aliphatic rings. The second-order valence-corrected chi connectivity index (χ2v) is 6.21. The van der Waals surface area contributed by atoms with Gasteiger partial charge in [0.1, 0.15) is 6.04 Å². The first-order valence-corrected chi connectivity index (χ1v) is 8.67. The van der Waals surface area contributed by atoms with Crippen molar-refractivity contribution in [1.29, 1.82) is 0 Å². The average molecular weight is 350 g/mol. The number of esters is 1. The SMILES string of the molecule is CCOC(=O)C(Cc1c[nH]c2ccccc12)NC(=O)c1ccc(C)cc1. The van der Waals surface area contributed by atoms with E-state index in [0.717, 1.165) is 22.0 Å². The first-order chi connectivity index (χ1) is 12.6. The van der Waals surface area contributed by atoms with Gasteiger partial charge in [-0.25, -0.2) is 4.79 Å². The van der Waals surface area contributed by atoms with E-state index in [9.17, 15) is 9.59 Å². The quantitative estimate of drug-likeness (QED) is 0.670. The number of para-hydroxylation sites is 1. The Balaban J connectivity index is 1.82. The number of nitrogens with one attached hydrogen (secondary N) is 2. The van der Waals surface area contributed by atoms with Crippen molar-refractivity contribution in [1.82, 2.24) is 10.3 Å². The maximum absolute atomic E-state index is 12.5. The van der Waals surface area contributed by atoms with Crippen LogP contribution < -0.4 is 5.32 Å². The summed E-state index contributed by atoms with van der Waals surface area (Å²) in [5.41, 5.74) is 3.55. The van der Waals surface area contributed by atoms with Crippen LogP contribution in [0.25, 0.3) is 10.9 Å². The lowest BCUT2D eigenvalue weighted by Crippen LogP contribution is -2.43. The van der Waals surface area contributed by atoms with Gasteiger partial charge >= 0.3 is 5.97 Å². The summed E-state index contributed by atoms with van der Waals surface area (Å²) in [7, 11) is 0. The largest absolute Gasteiger partial charge is 0.464 e. The van der Waals surface area contributed by atoms with Crippen LogP contribution in [0.1, 0.15) is 28.4 Å². The van der Waals surface area contributed by atoms with Gasteiger partial charge in [0.05, 0.1) is 6.61 Å². The minimum Gasteiger partial charge on any atom is -0.464 e. The van der Waals surface area contributed by atoms with E-state index in [2.05, 4.69) is 10.3 Å². The summed E-state index contributed by atoms with van der Waals surface area (Å²) in [6.45, 7) is 3.98. The Bertz CT molecular complexity index is 912. The highest BCUT2D eigenvalue weighted by molar-refractivity contribution is 5.97. The summed E-state index contributed by atoms with van der Waals surface area (Å²) in [5.74, 6) is -0.721. The van der Waals surface area contributed by atoms with Gasteiger partial charge in [-0.15, -0.1) is 0 Å². The first-order valence-electron chi connectivity index (χ1n) is 8.67. The molecule has 0 aliphatic carbocycles. The van der Waals surface area contributed by atoms with Crippen molar-refractivity contribution in [3.05, 3.63) is 71.4 Å². The molecule has 2 aromatic carbocycles. The lowest BCUT2D eigenvalue weighted by molar-refractivity contribution is -0.145. The molecule has 5 heteroatoms. The number of fused-ring (bicyclic) bond motifs is 1. The zero-order valence-electron chi connectivity index (χ0n) is 14.9. The predicted octanol–water partition coefficient (Wildman–Crippen LogP) is 3.38. The number of carbonyl (C=O) groups is 2. The Kier molecular flexibility index (Phi) is 5.37. The molecule has 1 atom stereocenters. The number of amides is 1. The van der Waals surface area contributed by atoms with Crippen LogP contribution in [-0.4, -0.2) is 29.5 Å². The number of hydrogen-bond acceptors (Lipinski definition) is 3. The molecule has 1 amide bonds. The van der Waals surface area contributed by atoms with Gasteiger partial charge in [-0.05, 0) is 37.6 Å². The molecule has 0 saturated carbocycles. The summed E-state index contributed by atoms with van der Waals surface area (Å²) in [5, 5.41) is 3.85. The molecule has 1 unspecified atom stereocenters. The zero-order valence-corrected chi connectivity index (χ0v) is 14.9. The minimum atomic E-state index is -0.747. The van der Waals surface area contributed by atoms with E-state index in [0.29, 0.717) is 12.0 Å². The van der Waals surface area contributed by atoms with Crippen LogP contribution >= 0.6 is 0 Å². The number of aromatic nitrogens is 1. The van der Waals surface area contributed by atoms with Crippen molar-refractivity contribution in [2.45, 2.75) is 26.3 Å². The van der Waals surface area contributed by atoms with Crippen LogP contribution in [0.2, 0.25) is 0 Å². The second kappa shape index (κ2) is 7.87. The Morgan fingerprint density at radius 2 is 1.85 bits per heavy atom. The summed E-state index contributed by atoms with van der Waals surface area (Å²) in [6, 6.07) is 14.4. The molecule has 0 bridgehead atoms. The molecule has 0 radical (unpaired) electrons. The van der Waals surface area contributed by atoms with Crippen molar-refractivity contribution < 1.29 is 14.3 Å². The highest BCUT2D eigenvalue weighted by Gasteiger charge is 2.24. The van der Waals surface area contributed by atoms with Gasteiger partial charge in [0.25, 0.3) is 5.91 Å². The highest BCUT2D eigenvalue weighted by Crippen LogP contribution is 2.19. The van der Waals surface area contributed by atoms with Crippen molar-refractivity contribution in [3.8, 4) is 0 Å². The Morgan fingerprint density at radius 1 is 1.12 bits per heavy atom. The van der Waals surface area contributed by atoms with Gasteiger partial charge in [-0.1, -0.05) is 35.9 Å². The van der Waals surface area contributed by atoms with E-state index in [1.807, 2.05) is 49.5 Å². The molecule has 0 aliphatic heterocycles. The van der Waals surface area contributed by atoms with Gasteiger partial charge in [-0.2, -0.15) is 0 Å². The van der Waals surface area contributed by atoms with E-state index < -0.39 is 12.0 Å². The average Bonchev–Trinajstić information content (AvgIpc) is 3.05. The number of benzene rings is 2. The molecule has 0 fully saturated rings. The van der Waals surface area contributed by atoms with E-state index in [4.69, 9.17) is 4.74 Å². The molecular formula is C21H22N2O3. The Labute approximate surface area is 152 Å². The minimum absolute atomic E-state index is 0.267. The molecule has 1 aromatic heterocycles. The van der Waals surface area contributed by atoms with Crippen molar-refractivity contribution >= 4 is 22.8 Å². The van der Waals surface area contributed by atoms with E-state index >= 15 is 0 Å². The molecule has 3 aromatic rings. The Morgan fingerprint density at radius 3 is 2.58 bits per heavy atom. The molecule has 5 nitrogen and oxygen atoms in total. The van der Waals surface area contributed by atoms with Crippen LogP contribution in [-0.2, 0) is 16.0 Å². The fourth-order valence-corrected chi connectivity index (χ4v) is 2.90. The fraction of sp³-hybridized carbons (Fsp3) is 0.238. The monoisotopic (exact) mass is 350 g/mol. The highest BCUT2D eigenvalue weighted by atomic mass is 16.5. The summed E-state index contributed by atoms with van der Waals surface area (Å²) >= 11 is 0. The fourth-order valence-electron chi connectivity index (χ4n) is 2.90. The maximum Gasteiger partial charge on any atom is 0.328 e. The van der Waals surface area contributed by atoms with Crippen molar-refractivity contribution in [2.75, 3.05) is 6.61 Å². The third-order valence-corrected chi connectivity index (χ3v) is 4.29. The van der Waals surface area contributed by atoms with Gasteiger partial charge in [0.2, 0.25) is 0 Å². The lowest BCUT2D eigenvalue weighted by atomic mass is 10.0. The number of hydrogen-bond donors (Lipinski definition) is 2. The van der Waals surface area contributed by atoms with Crippen LogP contribution in [0.15, 0.2) is 54.7 Å². The Hall–Kier alpha value is -3.08. The number of H-pyrrole nitrogens is 1. The molecular weight excluding hydrogens is 328 g/mol. The molecule has 0 spiro atoms. The number of carbonyl (C=O) groups excluding carboxylic acids is 2. The smallest absolute Gasteiger partial charge is 0.328 e. The molecule has 1 heterocycles. The van der Waals surface area contributed by atoms with Gasteiger partial charge < -0.3 is 15.0 Å². The molecule has 0 saturated heterocycles. The molecule has 3 rings (SSSR count). The van der Waals surface area contributed by atoms with Crippen LogP contribution in [0.4, 0.5) is 0 Å². The summed E-state index contributed by atoms with van der Waals surface area (Å²) in [6.07, 6.45) is 2.23. The van der Waals surface area contributed by atoms with E-state index in [1.165, 1.54) is 0 Å². The summed E-state index contributed by atoms with van der Waals surface area (Å²) in [4.78, 5) is 28.1. The van der Waals surface area contributed by atoms with Gasteiger partial charge in [0, 0.05) is 29.1 Å². The lowest BCUT2D eigenvalue weighted by Gasteiger charge is -2.17. The van der Waals surface area contributed by atoms with E-state index in [-0.39, 0.29) is 12.5 Å². The van der Waals surface area contributed by atoms with E-state index in [1.54, 1.807) is 19.1 Å². The summed E-state index contributed by atoms with van der Waals surface area (Å²) < 4.78 is 5.16. The molecule has 2 N–H and O–H groups in total. The van der Waals surface area contributed by atoms with Crippen LogP contribution in [0.3, 0.4) is 0 Å². The number of ether oxygens (including phenoxy) is 1. The standard InChI is InChI=1S/C21H22N2O3/c1-3-26-21(25)19(23-20(24)15-10-8-14(2)9-11-15)12-16-13-22-18-7-5-4-6-17(16)18/h4-11,13,19,22H,3,12H2,1-2H3,(H,23,24). The van der Waals surface area contributed by atoms with Crippen LogP contribution in [0, 0.1) is 6.92 Å². The third-order valence-electron chi connectivity index (χ3n) is 4.29. The van der Waals surface area contributed by atoms with Gasteiger partial charge in [-0.3, -0.25) is 4.79 Å². The normalized spacial score (nSPS) is 11.9. The molecule has 26 heavy (non-hydrogen) atoms. The zero-order chi connectivity index (χ0) is 18.5. The number of aryl methyl sites for hydroxylation is 1. The topological polar surface area (TPSA) is 71.2 Å². The van der Waals surface area contributed by atoms with Crippen molar-refractivity contribution in [2.24, 2.45) is 0 Å². The van der Waals surface area contributed by atoms with Gasteiger partial charge in [0.15, 0.2) is 0 Å². The second-order valence-electron chi connectivity index (χ2n) is 6.21. The third kappa shape index (κ3) is 3.94. The molecule has 134 valence electrons. The number of rotatable bonds is 6. The van der Waals surface area contributed by atoms with Crippen molar-refractivity contribution in [3.63, 3.8) is 0 Å².